The summed E-state index contributed by atoms with van der Waals surface area (Å²) in [5.74, 6) is 0. The molecule has 5 nitrogen and oxygen atoms in total. The van der Waals surface area contributed by atoms with Gasteiger partial charge in [-0.1, -0.05) is 18.2 Å². The van der Waals surface area contributed by atoms with Gasteiger partial charge in [-0.3, -0.25) is 0 Å². The summed E-state index contributed by atoms with van der Waals surface area (Å²) in [6.45, 7) is 8.03. The number of unbranched alkanes of at least 4 members (excludes halogenated alkanes) is 2. The van der Waals surface area contributed by atoms with E-state index in [0.717, 1.165) is 19.3 Å². The van der Waals surface area contributed by atoms with Crippen molar-refractivity contribution in [3.05, 3.63) is 24.8 Å². The van der Waals surface area contributed by atoms with E-state index in [0.29, 0.717) is 52.9 Å². The van der Waals surface area contributed by atoms with Gasteiger partial charge in [0.15, 0.2) is 0 Å². The normalized spacial score (nSPS) is 11.3. The highest BCUT2D eigenvalue weighted by Gasteiger charge is 1.91. The van der Waals surface area contributed by atoms with Gasteiger partial charge in [0, 0.05) is 0 Å². The predicted molar refractivity (Wildman–Crippen MR) is 83.5 cm³/mol. The van der Waals surface area contributed by atoms with Crippen LogP contribution in [0.15, 0.2) is 24.8 Å². The van der Waals surface area contributed by atoms with E-state index in [1.54, 1.807) is 0 Å². The second kappa shape index (κ2) is 19.3. The molecule has 5 heteroatoms. The van der Waals surface area contributed by atoms with Crippen molar-refractivity contribution in [2.75, 3.05) is 59.5 Å². The fourth-order valence-corrected chi connectivity index (χ4v) is 1.44. The molecule has 21 heavy (non-hydrogen) atoms. The SMILES string of the molecule is C=CCCCC=CCOCCOCCOCCOCCO. The highest BCUT2D eigenvalue weighted by atomic mass is 16.6. The standard InChI is InChI=1S/C16H30O5/c1-2-3-4-5-6-7-9-18-11-13-20-15-16-21-14-12-19-10-8-17/h2,6-7,17H,1,3-5,8-16H2. The maximum Gasteiger partial charge on any atom is 0.0704 e. The fraction of sp³-hybridized carbons (Fsp3) is 0.750. The molecule has 0 aromatic rings. The van der Waals surface area contributed by atoms with Gasteiger partial charge in [-0.15, -0.1) is 6.58 Å². The third-order valence-electron chi connectivity index (χ3n) is 2.51. The smallest absolute Gasteiger partial charge is 0.0704 e. The van der Waals surface area contributed by atoms with Gasteiger partial charge < -0.3 is 24.1 Å². The van der Waals surface area contributed by atoms with Gasteiger partial charge in [-0.2, -0.15) is 0 Å². The van der Waals surface area contributed by atoms with Crippen LogP contribution >= 0.6 is 0 Å². The summed E-state index contributed by atoms with van der Waals surface area (Å²) in [7, 11) is 0. The number of rotatable bonds is 17. The zero-order chi connectivity index (χ0) is 15.4. The van der Waals surface area contributed by atoms with Crippen LogP contribution in [0, 0.1) is 0 Å². The predicted octanol–water partition coefficient (Wildman–Crippen LogP) is 1.96. The van der Waals surface area contributed by atoms with Gasteiger partial charge in [0.05, 0.1) is 59.5 Å². The van der Waals surface area contributed by atoms with Gasteiger partial charge in [-0.05, 0) is 19.3 Å². The molecule has 1 N–H and O–H groups in total. The van der Waals surface area contributed by atoms with Crippen LogP contribution in [0.1, 0.15) is 19.3 Å². The first-order valence-corrected chi connectivity index (χ1v) is 7.59. The molecule has 0 aromatic carbocycles. The molecular formula is C16H30O5. The van der Waals surface area contributed by atoms with Crippen molar-refractivity contribution in [1.82, 2.24) is 0 Å². The van der Waals surface area contributed by atoms with Crippen molar-refractivity contribution in [3.63, 3.8) is 0 Å². The zero-order valence-corrected chi connectivity index (χ0v) is 13.0. The topological polar surface area (TPSA) is 57.2 Å². The molecule has 0 fully saturated rings. The number of hydrogen-bond donors (Lipinski definition) is 1. The number of aliphatic hydroxyl groups excluding tert-OH is 1. The Kier molecular flexibility index (Phi) is 18.6. The Morgan fingerprint density at radius 3 is 1.86 bits per heavy atom. The molecule has 0 spiro atoms. The lowest BCUT2D eigenvalue weighted by atomic mass is 10.2. The molecule has 0 radical (unpaired) electrons. The van der Waals surface area contributed by atoms with Gasteiger partial charge in [0.25, 0.3) is 0 Å². The van der Waals surface area contributed by atoms with E-state index >= 15 is 0 Å². The molecule has 0 atom stereocenters. The number of ether oxygens (including phenoxy) is 4. The minimum Gasteiger partial charge on any atom is -0.394 e. The van der Waals surface area contributed by atoms with E-state index in [1.165, 1.54) is 0 Å². The second-order valence-electron chi connectivity index (χ2n) is 4.33. The van der Waals surface area contributed by atoms with Gasteiger partial charge >= 0.3 is 0 Å². The summed E-state index contributed by atoms with van der Waals surface area (Å²) in [6, 6.07) is 0. The number of aliphatic hydroxyl groups is 1. The van der Waals surface area contributed by atoms with Crippen LogP contribution in [0.4, 0.5) is 0 Å². The lowest BCUT2D eigenvalue weighted by Gasteiger charge is -2.06. The Bertz CT molecular complexity index is 231. The Morgan fingerprint density at radius 1 is 0.714 bits per heavy atom. The summed E-state index contributed by atoms with van der Waals surface area (Å²) < 4.78 is 21.1. The second-order valence-corrected chi connectivity index (χ2v) is 4.33. The lowest BCUT2D eigenvalue weighted by molar-refractivity contribution is -0.00325. The molecule has 124 valence electrons. The van der Waals surface area contributed by atoms with Gasteiger partial charge in [-0.25, -0.2) is 0 Å². The van der Waals surface area contributed by atoms with Crippen molar-refractivity contribution in [2.45, 2.75) is 19.3 Å². The van der Waals surface area contributed by atoms with Crippen molar-refractivity contribution in [1.29, 1.82) is 0 Å². The average molecular weight is 302 g/mol. The van der Waals surface area contributed by atoms with Crippen molar-refractivity contribution in [3.8, 4) is 0 Å². The third-order valence-corrected chi connectivity index (χ3v) is 2.51. The molecule has 0 aliphatic carbocycles. The molecule has 0 heterocycles. The monoisotopic (exact) mass is 302 g/mol. The Morgan fingerprint density at radius 2 is 1.29 bits per heavy atom. The molecule has 0 saturated carbocycles. The van der Waals surface area contributed by atoms with Crippen LogP contribution in [0.3, 0.4) is 0 Å². The minimum absolute atomic E-state index is 0.0487. The first kappa shape index (κ1) is 20.3. The van der Waals surface area contributed by atoms with Crippen molar-refractivity contribution in [2.24, 2.45) is 0 Å². The number of allylic oxidation sites excluding steroid dienone is 2. The summed E-state index contributed by atoms with van der Waals surface area (Å²) in [5, 5.41) is 8.49. The Labute approximate surface area is 128 Å². The Hall–Kier alpha value is -0.720. The summed E-state index contributed by atoms with van der Waals surface area (Å²) in [5.41, 5.74) is 0. The van der Waals surface area contributed by atoms with E-state index in [2.05, 4.69) is 12.7 Å². The minimum atomic E-state index is 0.0487. The lowest BCUT2D eigenvalue weighted by Crippen LogP contribution is -2.12. The zero-order valence-electron chi connectivity index (χ0n) is 13.0. The van der Waals surface area contributed by atoms with Crippen LogP contribution < -0.4 is 0 Å². The summed E-state index contributed by atoms with van der Waals surface area (Å²) >= 11 is 0. The molecule has 0 amide bonds. The quantitative estimate of drug-likeness (QED) is 0.329. The molecule has 0 aliphatic heterocycles. The first-order valence-electron chi connectivity index (χ1n) is 7.59. The molecule has 0 unspecified atom stereocenters. The molecule has 0 aromatic heterocycles. The van der Waals surface area contributed by atoms with Crippen molar-refractivity contribution < 1.29 is 24.1 Å². The van der Waals surface area contributed by atoms with Crippen LogP contribution in [-0.2, 0) is 18.9 Å². The van der Waals surface area contributed by atoms with E-state index in [4.69, 9.17) is 24.1 Å². The largest absolute Gasteiger partial charge is 0.394 e. The average Bonchev–Trinajstić information content (AvgIpc) is 2.50. The van der Waals surface area contributed by atoms with Crippen LogP contribution in [-0.4, -0.2) is 64.6 Å². The van der Waals surface area contributed by atoms with Gasteiger partial charge in [0.1, 0.15) is 0 Å². The van der Waals surface area contributed by atoms with E-state index in [9.17, 15) is 0 Å². The fourth-order valence-electron chi connectivity index (χ4n) is 1.44. The number of hydrogen-bond acceptors (Lipinski definition) is 5. The molecule has 0 bridgehead atoms. The van der Waals surface area contributed by atoms with Crippen LogP contribution in [0.25, 0.3) is 0 Å². The Balaban J connectivity index is 3.00. The van der Waals surface area contributed by atoms with E-state index in [-0.39, 0.29) is 6.61 Å². The van der Waals surface area contributed by atoms with Crippen LogP contribution in [0.5, 0.6) is 0 Å². The maximum atomic E-state index is 8.49. The molecule has 0 aliphatic rings. The maximum absolute atomic E-state index is 8.49. The first-order chi connectivity index (χ1) is 10.4. The molecular weight excluding hydrogens is 272 g/mol. The van der Waals surface area contributed by atoms with Gasteiger partial charge in [0.2, 0.25) is 0 Å². The summed E-state index contributed by atoms with van der Waals surface area (Å²) in [4.78, 5) is 0. The molecule has 0 rings (SSSR count). The van der Waals surface area contributed by atoms with Crippen molar-refractivity contribution >= 4 is 0 Å². The van der Waals surface area contributed by atoms with E-state index in [1.807, 2.05) is 12.2 Å². The third kappa shape index (κ3) is 19.3. The highest BCUT2D eigenvalue weighted by Crippen LogP contribution is 1.96. The van der Waals surface area contributed by atoms with Crippen LogP contribution in [0.2, 0.25) is 0 Å². The van der Waals surface area contributed by atoms with E-state index < -0.39 is 0 Å². The summed E-state index contributed by atoms with van der Waals surface area (Å²) in [6.07, 6.45) is 9.40. The highest BCUT2D eigenvalue weighted by molar-refractivity contribution is 4.82. The molecule has 0 saturated heterocycles.